The minimum atomic E-state index is -0.165. The third-order valence-corrected chi connectivity index (χ3v) is 7.88. The lowest BCUT2D eigenvalue weighted by atomic mass is 9.97. The van der Waals surface area contributed by atoms with Gasteiger partial charge in [0.15, 0.2) is 11.5 Å². The van der Waals surface area contributed by atoms with Crippen LogP contribution in [-0.2, 0) is 0 Å². The number of anilines is 1. The predicted octanol–water partition coefficient (Wildman–Crippen LogP) is 6.85. The standard InChI is InChI=1S/C30H31N3O3S/c1-35-24-15-9-14-21(27(24)36-2)22-18-23(20-12-7-4-8-13-20)33-30-25(22)26(31)28(37-30)29(34)32-17-16-19-10-5-3-6-11-19/h4,7-10,12-15,18H,3,5-6,11,16-17,31H2,1-2H3,(H,32,34). The number of benzene rings is 2. The number of thiophene rings is 1. The van der Waals surface area contributed by atoms with Crippen LogP contribution in [0.15, 0.2) is 66.2 Å². The van der Waals surface area contributed by atoms with Gasteiger partial charge in [0, 0.05) is 28.6 Å². The molecule has 2 aromatic carbocycles. The first-order valence-electron chi connectivity index (χ1n) is 12.6. The second-order valence-corrected chi connectivity index (χ2v) is 10.1. The summed E-state index contributed by atoms with van der Waals surface area (Å²) in [7, 11) is 3.24. The van der Waals surface area contributed by atoms with Gasteiger partial charge in [-0.3, -0.25) is 4.79 Å². The van der Waals surface area contributed by atoms with E-state index in [1.54, 1.807) is 14.2 Å². The van der Waals surface area contributed by atoms with Gasteiger partial charge in [0.05, 0.1) is 25.6 Å². The molecule has 6 nitrogen and oxygen atoms in total. The van der Waals surface area contributed by atoms with E-state index in [1.807, 2.05) is 54.6 Å². The summed E-state index contributed by atoms with van der Waals surface area (Å²) in [4.78, 5) is 19.3. The highest BCUT2D eigenvalue weighted by molar-refractivity contribution is 7.21. The van der Waals surface area contributed by atoms with Crippen LogP contribution in [0.5, 0.6) is 11.5 Å². The van der Waals surface area contributed by atoms with E-state index < -0.39 is 0 Å². The van der Waals surface area contributed by atoms with Gasteiger partial charge in [-0.05, 0) is 44.2 Å². The molecule has 0 aliphatic heterocycles. The van der Waals surface area contributed by atoms with Crippen molar-refractivity contribution < 1.29 is 14.3 Å². The lowest BCUT2D eigenvalue weighted by Crippen LogP contribution is -2.24. The third-order valence-electron chi connectivity index (χ3n) is 6.78. The molecule has 1 amide bonds. The van der Waals surface area contributed by atoms with Gasteiger partial charge in [-0.15, -0.1) is 11.3 Å². The van der Waals surface area contributed by atoms with E-state index >= 15 is 0 Å². The number of aromatic nitrogens is 1. The van der Waals surface area contributed by atoms with Gasteiger partial charge < -0.3 is 20.5 Å². The van der Waals surface area contributed by atoms with Crippen molar-refractivity contribution in [2.24, 2.45) is 0 Å². The van der Waals surface area contributed by atoms with E-state index in [2.05, 4.69) is 11.4 Å². The van der Waals surface area contributed by atoms with Crippen LogP contribution in [0.4, 0.5) is 5.69 Å². The average Bonchev–Trinajstić information content (AvgIpc) is 3.29. The van der Waals surface area contributed by atoms with Gasteiger partial charge in [-0.25, -0.2) is 4.98 Å². The molecule has 2 aromatic heterocycles. The molecule has 0 atom stereocenters. The summed E-state index contributed by atoms with van der Waals surface area (Å²) >= 11 is 1.32. The van der Waals surface area contributed by atoms with Crippen molar-refractivity contribution in [3.63, 3.8) is 0 Å². The molecule has 3 N–H and O–H groups in total. The molecule has 1 aliphatic carbocycles. The number of nitrogens with two attached hydrogens (primary N) is 1. The van der Waals surface area contributed by atoms with E-state index in [0.29, 0.717) is 33.4 Å². The number of carbonyl (C=O) groups excluding carboxylic acids is 1. The summed E-state index contributed by atoms with van der Waals surface area (Å²) in [5, 5.41) is 3.82. The van der Waals surface area contributed by atoms with Crippen molar-refractivity contribution >= 4 is 33.1 Å². The highest BCUT2D eigenvalue weighted by Crippen LogP contribution is 2.46. The third kappa shape index (κ3) is 5.04. The number of amides is 1. The number of rotatable bonds is 8. The molecule has 37 heavy (non-hydrogen) atoms. The molecule has 7 heteroatoms. The number of nitrogens with one attached hydrogen (secondary N) is 1. The molecular weight excluding hydrogens is 482 g/mol. The predicted molar refractivity (Wildman–Crippen MR) is 152 cm³/mol. The fourth-order valence-corrected chi connectivity index (χ4v) is 5.94. The number of hydrogen-bond donors (Lipinski definition) is 2. The lowest BCUT2D eigenvalue weighted by molar-refractivity contribution is 0.0959. The van der Waals surface area contributed by atoms with Gasteiger partial charge in [0.25, 0.3) is 5.91 Å². The van der Waals surface area contributed by atoms with Crippen molar-refractivity contribution in [3.8, 4) is 33.9 Å². The number of methoxy groups -OCH3 is 2. The van der Waals surface area contributed by atoms with E-state index in [9.17, 15) is 4.79 Å². The lowest BCUT2D eigenvalue weighted by Gasteiger charge is -2.15. The Hall–Kier alpha value is -3.84. The summed E-state index contributed by atoms with van der Waals surface area (Å²) in [5.41, 5.74) is 12.0. The van der Waals surface area contributed by atoms with Gasteiger partial charge in [0.2, 0.25) is 0 Å². The Morgan fingerprint density at radius 3 is 2.62 bits per heavy atom. The van der Waals surface area contributed by atoms with E-state index in [-0.39, 0.29) is 5.91 Å². The molecule has 0 unspecified atom stereocenters. The Bertz CT molecular complexity index is 1460. The van der Waals surface area contributed by atoms with E-state index in [0.717, 1.165) is 47.0 Å². The zero-order valence-electron chi connectivity index (χ0n) is 21.2. The molecule has 4 aromatic rings. The van der Waals surface area contributed by atoms with Crippen molar-refractivity contribution in [2.75, 3.05) is 26.5 Å². The Labute approximate surface area is 221 Å². The summed E-state index contributed by atoms with van der Waals surface area (Å²) in [6.45, 7) is 0.595. The number of allylic oxidation sites excluding steroid dienone is 1. The van der Waals surface area contributed by atoms with Crippen LogP contribution >= 0.6 is 11.3 Å². The molecule has 2 heterocycles. The van der Waals surface area contributed by atoms with Crippen LogP contribution in [0.1, 0.15) is 41.8 Å². The van der Waals surface area contributed by atoms with E-state index in [1.165, 1.54) is 29.8 Å². The number of fused-ring (bicyclic) bond motifs is 1. The zero-order valence-corrected chi connectivity index (χ0v) is 22.0. The molecule has 0 saturated carbocycles. The first-order chi connectivity index (χ1) is 18.1. The van der Waals surface area contributed by atoms with Gasteiger partial charge in [-0.1, -0.05) is 54.1 Å². The normalized spacial score (nSPS) is 13.3. The highest BCUT2D eigenvalue weighted by Gasteiger charge is 2.24. The molecular formula is C30H31N3O3S. The minimum absolute atomic E-state index is 0.165. The largest absolute Gasteiger partial charge is 0.493 e. The second kappa shape index (κ2) is 11.0. The molecule has 0 saturated heterocycles. The van der Waals surface area contributed by atoms with Crippen molar-refractivity contribution in [1.29, 1.82) is 0 Å². The first kappa shape index (κ1) is 24.8. The number of carbonyl (C=O) groups is 1. The molecule has 1 aliphatic rings. The fraction of sp³-hybridized carbons (Fsp3) is 0.267. The van der Waals surface area contributed by atoms with Crippen molar-refractivity contribution in [1.82, 2.24) is 10.3 Å². The van der Waals surface area contributed by atoms with Gasteiger partial charge >= 0.3 is 0 Å². The molecule has 190 valence electrons. The number of hydrogen-bond acceptors (Lipinski definition) is 6. The van der Waals surface area contributed by atoms with Crippen LogP contribution in [0.3, 0.4) is 0 Å². The van der Waals surface area contributed by atoms with Crippen LogP contribution in [0.25, 0.3) is 32.6 Å². The SMILES string of the molecule is COc1cccc(-c2cc(-c3ccccc3)nc3sc(C(=O)NCCC4=CCCCC4)c(N)c23)c1OC. The smallest absolute Gasteiger partial charge is 0.263 e. The van der Waals surface area contributed by atoms with Gasteiger partial charge in [0.1, 0.15) is 9.71 Å². The van der Waals surface area contributed by atoms with Crippen molar-refractivity contribution in [2.45, 2.75) is 32.1 Å². The number of para-hydroxylation sites is 1. The monoisotopic (exact) mass is 513 g/mol. The van der Waals surface area contributed by atoms with Crippen molar-refractivity contribution in [3.05, 3.63) is 71.1 Å². The second-order valence-electron chi connectivity index (χ2n) is 9.10. The Kier molecular flexibility index (Phi) is 7.42. The maximum absolute atomic E-state index is 13.2. The topological polar surface area (TPSA) is 86.5 Å². The maximum atomic E-state index is 13.2. The van der Waals surface area contributed by atoms with Crippen LogP contribution in [-0.4, -0.2) is 31.7 Å². The van der Waals surface area contributed by atoms with E-state index in [4.69, 9.17) is 20.2 Å². The van der Waals surface area contributed by atoms with Crippen LogP contribution in [0, 0.1) is 0 Å². The Balaban J connectivity index is 1.59. The summed E-state index contributed by atoms with van der Waals surface area (Å²) in [6, 6.07) is 17.7. The molecule has 5 rings (SSSR count). The zero-order chi connectivity index (χ0) is 25.8. The minimum Gasteiger partial charge on any atom is -0.493 e. The average molecular weight is 514 g/mol. The molecule has 0 radical (unpaired) electrons. The number of ether oxygens (including phenoxy) is 2. The molecule has 0 spiro atoms. The summed E-state index contributed by atoms with van der Waals surface area (Å²) in [5.74, 6) is 1.06. The van der Waals surface area contributed by atoms with Gasteiger partial charge in [-0.2, -0.15) is 0 Å². The quantitative estimate of drug-likeness (QED) is 0.252. The van der Waals surface area contributed by atoms with Crippen LogP contribution in [0.2, 0.25) is 0 Å². The number of pyridine rings is 1. The number of nitrogen functional groups attached to an aromatic ring is 1. The fourth-order valence-electron chi connectivity index (χ4n) is 4.91. The number of nitrogens with zero attached hydrogens (tertiary/aromatic N) is 1. The highest BCUT2D eigenvalue weighted by atomic mass is 32.1. The molecule has 0 fully saturated rings. The van der Waals surface area contributed by atoms with Crippen LogP contribution < -0.4 is 20.5 Å². The Morgan fingerprint density at radius 2 is 1.89 bits per heavy atom. The summed E-state index contributed by atoms with van der Waals surface area (Å²) in [6.07, 6.45) is 7.93. The summed E-state index contributed by atoms with van der Waals surface area (Å²) < 4.78 is 11.3. The Morgan fingerprint density at radius 1 is 1.05 bits per heavy atom. The maximum Gasteiger partial charge on any atom is 0.263 e. The molecule has 0 bridgehead atoms. The first-order valence-corrected chi connectivity index (χ1v) is 13.4.